The number of esters is 1. The molecule has 0 aliphatic carbocycles. The molecule has 7 rings (SSSR count). The van der Waals surface area contributed by atoms with E-state index in [1.54, 1.807) is 6.07 Å². The van der Waals surface area contributed by atoms with Gasteiger partial charge in [0.25, 0.3) is 0 Å². The van der Waals surface area contributed by atoms with Gasteiger partial charge in [-0.05, 0) is 73.9 Å². The van der Waals surface area contributed by atoms with Gasteiger partial charge in [0.05, 0.1) is 49.3 Å². The molecule has 0 spiro atoms. The lowest BCUT2D eigenvalue weighted by molar-refractivity contribution is 0.0176. The molecule has 9 nitrogen and oxygen atoms in total. The first kappa shape index (κ1) is 36.2. The van der Waals surface area contributed by atoms with E-state index in [4.69, 9.17) is 35.6 Å². The van der Waals surface area contributed by atoms with Crippen molar-refractivity contribution in [2.45, 2.75) is 52.2 Å². The number of ether oxygens (including phenoxy) is 4. The van der Waals surface area contributed by atoms with Gasteiger partial charge >= 0.3 is 5.97 Å². The summed E-state index contributed by atoms with van der Waals surface area (Å²) in [7, 11) is 1.98. The second kappa shape index (κ2) is 16.2. The van der Waals surface area contributed by atoms with Gasteiger partial charge in [-0.15, -0.1) is 0 Å². The van der Waals surface area contributed by atoms with Crippen molar-refractivity contribution >= 4 is 39.2 Å². The molecule has 0 radical (unpaired) electrons. The maximum absolute atomic E-state index is 13.9. The largest absolute Gasteiger partial charge is 0.493 e. The van der Waals surface area contributed by atoms with Crippen LogP contribution >= 0.6 is 11.6 Å². The minimum Gasteiger partial charge on any atom is -0.493 e. The smallest absolute Gasteiger partial charge is 0.355 e. The number of carbonyl (C=O) groups is 1. The monoisotopic (exact) mass is 728 g/mol. The summed E-state index contributed by atoms with van der Waals surface area (Å²) in [5.41, 5.74) is 6.00. The van der Waals surface area contributed by atoms with Gasteiger partial charge in [0.15, 0.2) is 0 Å². The number of hydrogen-bond donors (Lipinski definition) is 0. The zero-order valence-corrected chi connectivity index (χ0v) is 30.9. The molecular weight excluding hydrogens is 683 g/mol. The van der Waals surface area contributed by atoms with Crippen LogP contribution in [0, 0.1) is 5.82 Å². The quantitative estimate of drug-likeness (QED) is 0.0773. The average Bonchev–Trinajstić information content (AvgIpc) is 3.63. The third-order valence-corrected chi connectivity index (χ3v) is 10.4. The van der Waals surface area contributed by atoms with Crippen LogP contribution in [0.1, 0.15) is 60.2 Å². The third-order valence-electron chi connectivity index (χ3n) is 10.1. The maximum atomic E-state index is 13.9. The Balaban J connectivity index is 1.31. The number of halogens is 2. The van der Waals surface area contributed by atoms with Crippen LogP contribution in [0.4, 0.5) is 4.39 Å². The van der Waals surface area contributed by atoms with Crippen molar-refractivity contribution in [3.63, 3.8) is 0 Å². The van der Waals surface area contributed by atoms with Crippen LogP contribution in [0.5, 0.6) is 5.75 Å². The normalized spacial score (nSPS) is 17.2. The number of fused-ring (bicyclic) bond motifs is 3. The molecule has 11 heteroatoms. The second-order valence-electron chi connectivity index (χ2n) is 13.3. The summed E-state index contributed by atoms with van der Waals surface area (Å²) in [6.07, 6.45) is 6.49. The van der Waals surface area contributed by atoms with Crippen LogP contribution in [-0.4, -0.2) is 77.9 Å². The molecule has 1 saturated heterocycles. The number of benzene rings is 3. The molecule has 0 saturated carbocycles. The topological polar surface area (TPSA) is 80.0 Å². The Hall–Kier alpha value is -4.22. The molecule has 52 heavy (non-hydrogen) atoms. The van der Waals surface area contributed by atoms with E-state index >= 15 is 0 Å². The van der Waals surface area contributed by atoms with Crippen molar-refractivity contribution in [2.24, 2.45) is 7.05 Å². The summed E-state index contributed by atoms with van der Waals surface area (Å²) in [6.45, 7) is 9.56. The molecule has 2 aliphatic rings. The van der Waals surface area contributed by atoms with E-state index in [1.807, 2.05) is 61.1 Å². The number of allylic oxidation sites excluding steroid dienone is 1. The number of rotatable bonds is 11. The van der Waals surface area contributed by atoms with Crippen LogP contribution in [0.2, 0.25) is 5.02 Å². The minimum absolute atomic E-state index is 0.249. The molecule has 1 fully saturated rings. The van der Waals surface area contributed by atoms with Crippen LogP contribution in [0.3, 0.4) is 0 Å². The number of hydrogen-bond acceptors (Lipinski definition) is 7. The Labute approximate surface area is 308 Å². The van der Waals surface area contributed by atoms with Gasteiger partial charge in [-0.3, -0.25) is 9.58 Å². The number of nitrogens with zero attached hydrogens (tertiary/aromatic N) is 4. The number of morpholine rings is 1. The summed E-state index contributed by atoms with van der Waals surface area (Å²) < 4.78 is 42.1. The molecule has 2 aromatic heterocycles. The molecule has 0 bridgehead atoms. The molecule has 0 N–H and O–H groups in total. The van der Waals surface area contributed by atoms with Gasteiger partial charge in [-0.25, -0.2) is 9.18 Å². The second-order valence-corrected chi connectivity index (χ2v) is 13.7. The van der Waals surface area contributed by atoms with Gasteiger partial charge < -0.3 is 23.5 Å². The maximum Gasteiger partial charge on any atom is 0.355 e. The Bertz CT molecular complexity index is 2100. The number of aryl methyl sites for hydroxylation is 2. The van der Waals surface area contributed by atoms with E-state index < -0.39 is 0 Å². The molecule has 0 unspecified atom stereocenters. The van der Waals surface area contributed by atoms with Crippen molar-refractivity contribution < 1.29 is 28.1 Å². The third kappa shape index (κ3) is 7.22. The first-order valence-corrected chi connectivity index (χ1v) is 18.7. The Morgan fingerprint density at radius 2 is 1.88 bits per heavy atom. The molecule has 3 aromatic carbocycles. The molecule has 1 atom stereocenters. The van der Waals surface area contributed by atoms with Gasteiger partial charge in [0, 0.05) is 60.8 Å². The fourth-order valence-corrected chi connectivity index (χ4v) is 7.96. The fourth-order valence-electron chi connectivity index (χ4n) is 7.71. The van der Waals surface area contributed by atoms with Crippen molar-refractivity contribution in [3.05, 3.63) is 94.2 Å². The highest BCUT2D eigenvalue weighted by Gasteiger charge is 2.32. The molecule has 5 aromatic rings. The van der Waals surface area contributed by atoms with Gasteiger partial charge in [-0.1, -0.05) is 48.9 Å². The van der Waals surface area contributed by atoms with E-state index in [0.29, 0.717) is 49.1 Å². The number of carbonyl (C=O) groups excluding carboxylic acids is 1. The van der Waals surface area contributed by atoms with Crippen LogP contribution in [-0.2, 0) is 40.6 Å². The van der Waals surface area contributed by atoms with E-state index in [1.165, 1.54) is 12.1 Å². The van der Waals surface area contributed by atoms with E-state index in [2.05, 4.69) is 16.4 Å². The highest BCUT2D eigenvalue weighted by atomic mass is 35.5. The summed E-state index contributed by atoms with van der Waals surface area (Å²) in [6, 6.07) is 14.3. The van der Waals surface area contributed by atoms with E-state index in [9.17, 15) is 9.18 Å². The molecule has 4 heterocycles. The Morgan fingerprint density at radius 1 is 1.06 bits per heavy atom. The Morgan fingerprint density at radius 3 is 2.69 bits per heavy atom. The molecule has 0 amide bonds. The van der Waals surface area contributed by atoms with Crippen molar-refractivity contribution in [1.29, 1.82) is 0 Å². The zero-order valence-electron chi connectivity index (χ0n) is 30.1. The summed E-state index contributed by atoms with van der Waals surface area (Å²) in [4.78, 5) is 16.3. The minimum atomic E-state index is -0.377. The highest BCUT2D eigenvalue weighted by molar-refractivity contribution is 6.35. The predicted molar refractivity (Wildman–Crippen MR) is 202 cm³/mol. The molecule has 274 valence electrons. The average molecular weight is 729 g/mol. The van der Waals surface area contributed by atoms with Gasteiger partial charge in [0.2, 0.25) is 0 Å². The first-order chi connectivity index (χ1) is 25.4. The standard InChI is InChI=1S/C41H46ClFN4O5/c1-4-33-37-36-32(42)16-15-31-30(11-9-23-51-34-12-8-10-27-26-28(43)13-14-29(27)34)40(41(48)50-5-2)47(39(31)36)18-6-7-22-52-35(38(37)44-45(33)3)17-19-46-20-24-49-25-21-46/h6-8,10,12-16,26,35H,4-5,9,11,17-25H2,1-3H3/b7-6-/t35-/m1/s1. The lowest BCUT2D eigenvalue weighted by Gasteiger charge is -2.28. The summed E-state index contributed by atoms with van der Waals surface area (Å²) >= 11 is 7.25. The highest BCUT2D eigenvalue weighted by Crippen LogP contribution is 2.45. The van der Waals surface area contributed by atoms with E-state index in [-0.39, 0.29) is 24.5 Å². The summed E-state index contributed by atoms with van der Waals surface area (Å²) in [5.74, 6) is 0.0342. The van der Waals surface area contributed by atoms with Crippen LogP contribution in [0.15, 0.2) is 60.7 Å². The lowest BCUT2D eigenvalue weighted by atomic mass is 9.94. The predicted octanol–water partition coefficient (Wildman–Crippen LogP) is 8.09. The number of aromatic nitrogens is 3. The molecule has 2 aliphatic heterocycles. The van der Waals surface area contributed by atoms with Crippen molar-refractivity contribution in [2.75, 3.05) is 52.7 Å². The first-order valence-electron chi connectivity index (χ1n) is 18.3. The molecular formula is C41H46ClFN4O5. The SMILES string of the molecule is CCOC(=O)c1c(CCCOc2cccc3cc(F)ccc23)c2ccc(Cl)c3c2n1C/C=C\CO[C@H](CCN1CCOCC1)c1nn(C)c(CC)c1-3. The Kier molecular flexibility index (Phi) is 11.3. The zero-order chi connectivity index (χ0) is 36.2. The van der Waals surface area contributed by atoms with Crippen LogP contribution in [0.25, 0.3) is 32.8 Å². The van der Waals surface area contributed by atoms with Crippen LogP contribution < -0.4 is 4.74 Å². The summed E-state index contributed by atoms with van der Waals surface area (Å²) in [5, 5.41) is 8.28. The lowest BCUT2D eigenvalue weighted by Crippen LogP contribution is -2.37. The van der Waals surface area contributed by atoms with Gasteiger partial charge in [-0.2, -0.15) is 5.10 Å². The van der Waals surface area contributed by atoms with E-state index in [0.717, 1.165) is 95.4 Å². The fraction of sp³-hybridized carbons (Fsp3) is 0.415. The van der Waals surface area contributed by atoms with Crippen molar-refractivity contribution in [3.8, 4) is 16.9 Å². The van der Waals surface area contributed by atoms with Gasteiger partial charge in [0.1, 0.15) is 23.4 Å². The van der Waals surface area contributed by atoms with Crippen molar-refractivity contribution in [1.82, 2.24) is 19.2 Å².